The lowest BCUT2D eigenvalue weighted by molar-refractivity contribution is -0.120. The van der Waals surface area contributed by atoms with Gasteiger partial charge in [-0.05, 0) is 29.8 Å². The summed E-state index contributed by atoms with van der Waals surface area (Å²) in [5, 5.41) is 13.6. The zero-order valence-corrected chi connectivity index (χ0v) is 12.5. The monoisotopic (exact) mass is 329 g/mol. The van der Waals surface area contributed by atoms with Gasteiger partial charge in [-0.15, -0.1) is 0 Å². The van der Waals surface area contributed by atoms with Crippen molar-refractivity contribution < 1.29 is 18.4 Å². The van der Waals surface area contributed by atoms with Crippen LogP contribution in [0.1, 0.15) is 21.5 Å². The van der Waals surface area contributed by atoms with E-state index in [1.54, 1.807) is 24.3 Å². The molecule has 0 aliphatic heterocycles. The van der Waals surface area contributed by atoms with Crippen LogP contribution in [0.3, 0.4) is 0 Å². The summed E-state index contributed by atoms with van der Waals surface area (Å²) in [6.45, 7) is -0.164. The lowest BCUT2D eigenvalue weighted by Crippen LogP contribution is -2.36. The molecule has 2 aromatic rings. The van der Waals surface area contributed by atoms with Gasteiger partial charge in [-0.25, -0.2) is 8.78 Å². The second kappa shape index (κ2) is 7.83. The van der Waals surface area contributed by atoms with Crippen molar-refractivity contribution in [3.05, 3.63) is 70.8 Å². The van der Waals surface area contributed by atoms with Crippen molar-refractivity contribution in [2.45, 2.75) is 6.54 Å². The molecule has 0 unspecified atom stereocenters. The number of amides is 2. The van der Waals surface area contributed by atoms with E-state index >= 15 is 0 Å². The average Bonchev–Trinajstić information content (AvgIpc) is 2.58. The van der Waals surface area contributed by atoms with Crippen LogP contribution in [0.5, 0.6) is 0 Å². The van der Waals surface area contributed by atoms with E-state index in [2.05, 4.69) is 10.6 Å². The Kier molecular flexibility index (Phi) is 5.58. The van der Waals surface area contributed by atoms with Gasteiger partial charge in [-0.1, -0.05) is 12.1 Å². The second-order valence-electron chi connectivity index (χ2n) is 4.90. The van der Waals surface area contributed by atoms with Crippen LogP contribution in [0, 0.1) is 23.0 Å². The number of halogens is 2. The van der Waals surface area contributed by atoms with Gasteiger partial charge in [-0.3, -0.25) is 9.59 Å². The molecule has 0 saturated heterocycles. The van der Waals surface area contributed by atoms with E-state index in [0.29, 0.717) is 11.6 Å². The third kappa shape index (κ3) is 4.61. The molecular formula is C17H13F2N3O2. The van der Waals surface area contributed by atoms with Gasteiger partial charge < -0.3 is 10.6 Å². The van der Waals surface area contributed by atoms with Gasteiger partial charge in [0.15, 0.2) is 0 Å². The molecule has 0 radical (unpaired) electrons. The normalized spacial score (nSPS) is 9.88. The maximum absolute atomic E-state index is 13.4. The topological polar surface area (TPSA) is 82.0 Å². The lowest BCUT2D eigenvalue weighted by atomic mass is 10.1. The third-order valence-corrected chi connectivity index (χ3v) is 3.13. The molecule has 0 bridgehead atoms. The molecule has 0 aliphatic rings. The summed E-state index contributed by atoms with van der Waals surface area (Å²) in [5.74, 6) is -3.08. The van der Waals surface area contributed by atoms with Gasteiger partial charge in [-0.2, -0.15) is 5.26 Å². The Hall–Kier alpha value is -3.27. The molecule has 2 N–H and O–H groups in total. The Labute approximate surface area is 136 Å². The fourth-order valence-electron chi connectivity index (χ4n) is 1.94. The van der Waals surface area contributed by atoms with E-state index in [1.807, 2.05) is 6.07 Å². The number of nitrogens with zero attached hydrogens (tertiary/aromatic N) is 1. The van der Waals surface area contributed by atoms with E-state index in [1.165, 1.54) is 0 Å². The number of nitrogens with one attached hydrogen (secondary N) is 2. The van der Waals surface area contributed by atoms with Crippen molar-refractivity contribution >= 4 is 11.8 Å². The predicted molar refractivity (Wildman–Crippen MR) is 81.7 cm³/mol. The van der Waals surface area contributed by atoms with Crippen LogP contribution in [0.15, 0.2) is 42.5 Å². The predicted octanol–water partition coefficient (Wildman–Crippen LogP) is 1.88. The highest BCUT2D eigenvalue weighted by Gasteiger charge is 2.13. The summed E-state index contributed by atoms with van der Waals surface area (Å²) in [7, 11) is 0. The number of hydrogen-bond acceptors (Lipinski definition) is 3. The SMILES string of the molecule is N#Cc1cccc(CNC(=O)CNC(=O)c2ccc(F)cc2F)c1. The number of nitriles is 1. The van der Waals surface area contributed by atoms with E-state index in [-0.39, 0.29) is 18.7 Å². The summed E-state index contributed by atoms with van der Waals surface area (Å²) < 4.78 is 26.2. The molecule has 0 spiro atoms. The first kappa shape index (κ1) is 17.1. The standard InChI is InChI=1S/C17H13F2N3O2/c18-13-4-5-14(15(19)7-13)17(24)22-10-16(23)21-9-12-3-1-2-11(6-12)8-20/h1-7H,9-10H2,(H,21,23)(H,22,24). The average molecular weight is 329 g/mol. The van der Waals surface area contributed by atoms with Gasteiger partial charge in [0.05, 0.1) is 23.7 Å². The summed E-state index contributed by atoms with van der Waals surface area (Å²) in [4.78, 5) is 23.5. The second-order valence-corrected chi connectivity index (χ2v) is 4.90. The van der Waals surface area contributed by atoms with Crippen molar-refractivity contribution in [2.75, 3.05) is 6.54 Å². The molecule has 0 atom stereocenters. The highest BCUT2D eigenvalue weighted by Crippen LogP contribution is 2.09. The zero-order chi connectivity index (χ0) is 17.5. The Morgan fingerprint density at radius 3 is 2.58 bits per heavy atom. The molecular weight excluding hydrogens is 316 g/mol. The van der Waals surface area contributed by atoms with E-state index in [4.69, 9.17) is 5.26 Å². The molecule has 5 nitrogen and oxygen atoms in total. The molecule has 0 aromatic heterocycles. The Morgan fingerprint density at radius 2 is 1.88 bits per heavy atom. The molecule has 0 heterocycles. The van der Waals surface area contributed by atoms with Crippen LogP contribution < -0.4 is 10.6 Å². The van der Waals surface area contributed by atoms with Crippen LogP contribution in [0.4, 0.5) is 8.78 Å². The number of benzene rings is 2. The van der Waals surface area contributed by atoms with Crippen LogP contribution in [-0.2, 0) is 11.3 Å². The van der Waals surface area contributed by atoms with Crippen molar-refractivity contribution in [1.82, 2.24) is 10.6 Å². The highest BCUT2D eigenvalue weighted by atomic mass is 19.1. The molecule has 2 aromatic carbocycles. The molecule has 2 amide bonds. The van der Waals surface area contributed by atoms with Crippen LogP contribution in [0.25, 0.3) is 0 Å². The van der Waals surface area contributed by atoms with E-state index < -0.39 is 23.4 Å². The summed E-state index contributed by atoms with van der Waals surface area (Å²) >= 11 is 0. The molecule has 0 fully saturated rings. The summed E-state index contributed by atoms with van der Waals surface area (Å²) in [5.41, 5.74) is 0.867. The zero-order valence-electron chi connectivity index (χ0n) is 12.5. The van der Waals surface area contributed by atoms with E-state index in [9.17, 15) is 18.4 Å². The first-order valence-corrected chi connectivity index (χ1v) is 6.98. The van der Waals surface area contributed by atoms with Gasteiger partial charge >= 0.3 is 0 Å². The fourth-order valence-corrected chi connectivity index (χ4v) is 1.94. The number of hydrogen-bond donors (Lipinski definition) is 2. The first-order valence-electron chi connectivity index (χ1n) is 6.98. The fraction of sp³-hybridized carbons (Fsp3) is 0.118. The summed E-state index contributed by atoms with van der Waals surface area (Å²) in [6.07, 6.45) is 0. The molecule has 2 rings (SSSR count). The minimum Gasteiger partial charge on any atom is -0.350 e. The van der Waals surface area contributed by atoms with Gasteiger partial charge in [0, 0.05) is 12.6 Å². The number of carbonyl (C=O) groups excluding carboxylic acids is 2. The first-order chi connectivity index (χ1) is 11.5. The Balaban J connectivity index is 1.84. The third-order valence-electron chi connectivity index (χ3n) is 3.13. The Bertz CT molecular complexity index is 816. The van der Waals surface area contributed by atoms with Gasteiger partial charge in [0.1, 0.15) is 11.6 Å². The summed E-state index contributed by atoms with van der Waals surface area (Å²) in [6, 6.07) is 11.3. The number of rotatable bonds is 5. The largest absolute Gasteiger partial charge is 0.350 e. The quantitative estimate of drug-likeness (QED) is 0.879. The van der Waals surface area contributed by atoms with Gasteiger partial charge in [0.25, 0.3) is 5.91 Å². The molecule has 122 valence electrons. The van der Waals surface area contributed by atoms with E-state index in [0.717, 1.165) is 17.7 Å². The van der Waals surface area contributed by atoms with Crippen molar-refractivity contribution in [2.24, 2.45) is 0 Å². The smallest absolute Gasteiger partial charge is 0.254 e. The van der Waals surface area contributed by atoms with Crippen LogP contribution in [-0.4, -0.2) is 18.4 Å². The molecule has 0 saturated carbocycles. The van der Waals surface area contributed by atoms with Crippen molar-refractivity contribution in [1.29, 1.82) is 5.26 Å². The van der Waals surface area contributed by atoms with Crippen molar-refractivity contribution in [3.63, 3.8) is 0 Å². The number of carbonyl (C=O) groups is 2. The minimum atomic E-state index is -0.999. The highest BCUT2D eigenvalue weighted by molar-refractivity contribution is 5.96. The van der Waals surface area contributed by atoms with Crippen molar-refractivity contribution in [3.8, 4) is 6.07 Å². The molecule has 7 heteroatoms. The Morgan fingerprint density at radius 1 is 1.08 bits per heavy atom. The van der Waals surface area contributed by atoms with Crippen LogP contribution >= 0.6 is 0 Å². The van der Waals surface area contributed by atoms with Gasteiger partial charge in [0.2, 0.25) is 5.91 Å². The minimum absolute atomic E-state index is 0.190. The van der Waals surface area contributed by atoms with Crippen LogP contribution in [0.2, 0.25) is 0 Å². The molecule has 0 aliphatic carbocycles. The molecule has 24 heavy (non-hydrogen) atoms. The maximum Gasteiger partial charge on any atom is 0.254 e. The lowest BCUT2D eigenvalue weighted by Gasteiger charge is -2.08. The maximum atomic E-state index is 13.4.